The van der Waals surface area contributed by atoms with Crippen molar-refractivity contribution in [3.8, 4) is 5.75 Å². The lowest BCUT2D eigenvalue weighted by atomic mass is 9.64. The number of hydrogen-bond acceptors (Lipinski definition) is 6. The van der Waals surface area contributed by atoms with Crippen molar-refractivity contribution < 1.29 is 24.4 Å². The highest BCUT2D eigenvalue weighted by Crippen LogP contribution is 2.42. The van der Waals surface area contributed by atoms with Crippen molar-refractivity contribution in [2.75, 3.05) is 0 Å². The van der Waals surface area contributed by atoms with E-state index in [2.05, 4.69) is 10.6 Å². The van der Waals surface area contributed by atoms with Gasteiger partial charge in [-0.3, -0.25) is 29.8 Å². The monoisotopic (exact) mass is 305 g/mol. The second kappa shape index (κ2) is 4.52. The fourth-order valence-electron chi connectivity index (χ4n) is 2.75. The second-order valence-electron chi connectivity index (χ2n) is 5.42. The van der Waals surface area contributed by atoms with Gasteiger partial charge in [-0.05, 0) is 18.9 Å². The molecule has 9 nitrogen and oxygen atoms in total. The van der Waals surface area contributed by atoms with E-state index < -0.39 is 28.0 Å². The summed E-state index contributed by atoms with van der Waals surface area (Å²) in [5.41, 5.74) is -1.67. The molecule has 3 aliphatic rings. The Kier molecular flexibility index (Phi) is 2.87. The zero-order chi connectivity index (χ0) is 16.1. The maximum atomic E-state index is 12.2. The molecule has 114 valence electrons. The van der Waals surface area contributed by atoms with Crippen LogP contribution >= 0.6 is 0 Å². The van der Waals surface area contributed by atoms with Crippen LogP contribution in [0.1, 0.15) is 23.2 Å². The number of non-ortho nitro benzene ring substituents is 1. The normalized spacial score (nSPS) is 25.9. The molecule has 0 unspecified atom stereocenters. The number of imide groups is 1. The molecule has 4 rings (SSSR count). The van der Waals surface area contributed by atoms with Crippen LogP contribution in [-0.4, -0.2) is 33.3 Å². The molecule has 1 saturated carbocycles. The number of nitro groups is 1. The number of phenols is 1. The molecule has 3 N–H and O–H groups in total. The highest BCUT2D eigenvalue weighted by molar-refractivity contribution is 6.10. The van der Waals surface area contributed by atoms with Crippen LogP contribution in [0.4, 0.5) is 5.69 Å². The zero-order valence-electron chi connectivity index (χ0n) is 11.2. The average Bonchev–Trinajstić information content (AvgIpc) is 2.39. The van der Waals surface area contributed by atoms with Crippen molar-refractivity contribution in [2.45, 2.75) is 18.4 Å². The van der Waals surface area contributed by atoms with Gasteiger partial charge in [0, 0.05) is 12.0 Å². The first-order valence-electron chi connectivity index (χ1n) is 6.48. The van der Waals surface area contributed by atoms with Gasteiger partial charge >= 0.3 is 0 Å². The molecular formula is C13H11N3O6. The largest absolute Gasteiger partial charge is 0.507 e. The topological polar surface area (TPSA) is 139 Å². The van der Waals surface area contributed by atoms with E-state index in [-0.39, 0.29) is 35.9 Å². The second-order valence-corrected chi connectivity index (χ2v) is 5.42. The minimum absolute atomic E-state index is 0.173. The minimum atomic E-state index is -1.15. The summed E-state index contributed by atoms with van der Waals surface area (Å²) in [7, 11) is 0. The number of amides is 3. The SMILES string of the molecule is O=C(NC12CC(C1)C(=O)NC2=O)c1ccc([N+](=O)[O-])cc1O. The van der Waals surface area contributed by atoms with E-state index in [9.17, 15) is 29.6 Å². The zero-order valence-corrected chi connectivity index (χ0v) is 11.2. The fraction of sp³-hybridized carbons (Fsp3) is 0.308. The standard InChI is InChI=1S/C13H11N3O6/c17-9-3-7(16(21)22)1-2-8(9)11(19)15-13-4-6(5-13)10(18)14-12(13)20/h1-3,6,17H,4-5H2,(H,15,19)(H,14,18,20). The number of phenolic OH excluding ortho intramolecular Hbond substituents is 1. The van der Waals surface area contributed by atoms with E-state index in [1.54, 1.807) is 0 Å². The van der Waals surface area contributed by atoms with Crippen molar-refractivity contribution in [3.63, 3.8) is 0 Å². The molecule has 0 radical (unpaired) electrons. The van der Waals surface area contributed by atoms with Crippen LogP contribution in [0, 0.1) is 16.0 Å². The number of nitrogens with zero attached hydrogens (tertiary/aromatic N) is 1. The summed E-state index contributed by atoms with van der Waals surface area (Å²) in [6.45, 7) is 0. The fourth-order valence-corrected chi connectivity index (χ4v) is 2.75. The molecule has 1 aromatic rings. The van der Waals surface area contributed by atoms with Crippen LogP contribution in [0.25, 0.3) is 0 Å². The number of benzene rings is 1. The molecule has 2 aliphatic heterocycles. The Balaban J connectivity index is 1.80. The van der Waals surface area contributed by atoms with Crippen LogP contribution in [0.3, 0.4) is 0 Å². The Morgan fingerprint density at radius 2 is 2.09 bits per heavy atom. The van der Waals surface area contributed by atoms with Crippen LogP contribution in [0.5, 0.6) is 5.75 Å². The molecule has 0 atom stereocenters. The molecule has 3 amide bonds. The lowest BCUT2D eigenvalue weighted by molar-refractivity contribution is -0.384. The summed E-state index contributed by atoms with van der Waals surface area (Å²) < 4.78 is 0. The van der Waals surface area contributed by atoms with Gasteiger partial charge in [-0.15, -0.1) is 0 Å². The van der Waals surface area contributed by atoms with Crippen LogP contribution in [0.2, 0.25) is 0 Å². The average molecular weight is 305 g/mol. The van der Waals surface area contributed by atoms with Crippen LogP contribution in [-0.2, 0) is 9.59 Å². The highest BCUT2D eigenvalue weighted by atomic mass is 16.6. The number of nitrogens with one attached hydrogen (secondary N) is 2. The van der Waals surface area contributed by atoms with Gasteiger partial charge in [0.25, 0.3) is 17.5 Å². The summed E-state index contributed by atoms with van der Waals surface area (Å²) in [4.78, 5) is 45.3. The smallest absolute Gasteiger partial charge is 0.273 e. The number of hydrogen-bond donors (Lipinski definition) is 3. The van der Waals surface area contributed by atoms with Crippen molar-refractivity contribution in [1.29, 1.82) is 0 Å². The lowest BCUT2D eigenvalue weighted by Gasteiger charge is -2.49. The summed E-state index contributed by atoms with van der Waals surface area (Å²) in [5.74, 6) is -2.50. The number of aromatic hydroxyl groups is 1. The van der Waals surface area contributed by atoms with Gasteiger partial charge in [0.15, 0.2) is 0 Å². The van der Waals surface area contributed by atoms with E-state index in [1.807, 2.05) is 0 Å². The molecular weight excluding hydrogens is 294 g/mol. The van der Waals surface area contributed by atoms with Gasteiger partial charge in [-0.1, -0.05) is 0 Å². The van der Waals surface area contributed by atoms with Crippen LogP contribution in [0.15, 0.2) is 18.2 Å². The molecule has 1 aromatic carbocycles. The maximum absolute atomic E-state index is 12.2. The highest BCUT2D eigenvalue weighted by Gasteiger charge is 2.58. The van der Waals surface area contributed by atoms with Crippen molar-refractivity contribution >= 4 is 23.4 Å². The molecule has 3 fully saturated rings. The maximum Gasteiger partial charge on any atom is 0.273 e. The Hall–Kier alpha value is -2.97. The van der Waals surface area contributed by atoms with Crippen LogP contribution < -0.4 is 10.6 Å². The van der Waals surface area contributed by atoms with Gasteiger partial charge < -0.3 is 10.4 Å². The number of carbonyl (C=O) groups is 3. The van der Waals surface area contributed by atoms with E-state index in [1.165, 1.54) is 0 Å². The van der Waals surface area contributed by atoms with Gasteiger partial charge in [-0.2, -0.15) is 0 Å². The molecule has 2 heterocycles. The van der Waals surface area contributed by atoms with Gasteiger partial charge in [0.05, 0.1) is 16.6 Å². The molecule has 1 aliphatic carbocycles. The minimum Gasteiger partial charge on any atom is -0.507 e. The van der Waals surface area contributed by atoms with Gasteiger partial charge in [0.1, 0.15) is 11.3 Å². The lowest BCUT2D eigenvalue weighted by Crippen LogP contribution is -2.73. The number of fused-ring (bicyclic) bond motifs is 2. The Labute approximate surface area is 123 Å². The molecule has 2 bridgehead atoms. The molecule has 0 aromatic heterocycles. The quantitative estimate of drug-likeness (QED) is 0.403. The summed E-state index contributed by atoms with van der Waals surface area (Å²) in [5, 5.41) is 25.0. The summed E-state index contributed by atoms with van der Waals surface area (Å²) >= 11 is 0. The molecule has 0 spiro atoms. The van der Waals surface area contributed by atoms with Crippen molar-refractivity contribution in [3.05, 3.63) is 33.9 Å². The molecule has 22 heavy (non-hydrogen) atoms. The number of nitro benzene ring substituents is 1. The third-order valence-corrected chi connectivity index (χ3v) is 4.02. The van der Waals surface area contributed by atoms with Gasteiger partial charge in [0.2, 0.25) is 5.91 Å². The third kappa shape index (κ3) is 1.98. The molecule has 9 heteroatoms. The van der Waals surface area contributed by atoms with Crippen molar-refractivity contribution in [2.24, 2.45) is 5.92 Å². The Morgan fingerprint density at radius 3 is 2.64 bits per heavy atom. The summed E-state index contributed by atoms with van der Waals surface area (Å²) in [6, 6.07) is 3.06. The first kappa shape index (κ1) is 14.0. The van der Waals surface area contributed by atoms with Crippen molar-refractivity contribution in [1.82, 2.24) is 10.6 Å². The third-order valence-electron chi connectivity index (χ3n) is 4.02. The summed E-state index contributed by atoms with van der Waals surface area (Å²) in [6.07, 6.45) is 0.439. The Morgan fingerprint density at radius 1 is 1.41 bits per heavy atom. The first-order valence-corrected chi connectivity index (χ1v) is 6.48. The van der Waals surface area contributed by atoms with Gasteiger partial charge in [-0.25, -0.2) is 0 Å². The number of carbonyl (C=O) groups excluding carboxylic acids is 3. The Bertz CT molecular complexity index is 722. The van der Waals surface area contributed by atoms with E-state index in [4.69, 9.17) is 0 Å². The van der Waals surface area contributed by atoms with E-state index in [0.717, 1.165) is 18.2 Å². The first-order chi connectivity index (χ1) is 10.3. The number of piperidine rings is 2. The predicted molar refractivity (Wildman–Crippen MR) is 70.8 cm³/mol. The number of rotatable bonds is 3. The predicted octanol–water partition coefficient (Wildman–Crippen LogP) is -0.165. The van der Waals surface area contributed by atoms with E-state index in [0.29, 0.717) is 0 Å². The molecule has 2 saturated heterocycles. The van der Waals surface area contributed by atoms with E-state index >= 15 is 0 Å².